The van der Waals surface area contributed by atoms with E-state index < -0.39 is 0 Å². The highest BCUT2D eigenvalue weighted by Gasteiger charge is 2.40. The number of likely N-dealkylation sites (N-methyl/N-ethyl adjacent to an activating group) is 1. The first-order chi connectivity index (χ1) is 7.25. The summed E-state index contributed by atoms with van der Waals surface area (Å²) in [5.41, 5.74) is 1.32. The third kappa shape index (κ3) is 1.45. The molecule has 1 aliphatic heterocycles. The predicted octanol–water partition coefficient (Wildman–Crippen LogP) is 2.78. The fraction of sp³-hybridized carbons (Fsp3) is 0.417. The summed E-state index contributed by atoms with van der Waals surface area (Å²) in [5.74, 6) is 0.677. The molecule has 15 heavy (non-hydrogen) atoms. The standard InChI is InChI=1S/C12H13BrN2/c1-15-11-3-2-8(5-11)12(15)9-4-10(13)7-14-6-9/h2-4,6-8,11-12H,5H2,1H3. The van der Waals surface area contributed by atoms with Gasteiger partial charge >= 0.3 is 0 Å². The smallest absolute Gasteiger partial charge is 0.0429 e. The van der Waals surface area contributed by atoms with E-state index >= 15 is 0 Å². The van der Waals surface area contributed by atoms with Gasteiger partial charge in [0.2, 0.25) is 0 Å². The van der Waals surface area contributed by atoms with Gasteiger partial charge in [0.1, 0.15) is 0 Å². The van der Waals surface area contributed by atoms with Crippen molar-refractivity contribution in [3.8, 4) is 0 Å². The molecule has 3 atom stereocenters. The van der Waals surface area contributed by atoms with Crippen molar-refractivity contribution in [3.63, 3.8) is 0 Å². The second-order valence-corrected chi connectivity index (χ2v) is 5.31. The van der Waals surface area contributed by atoms with Gasteiger partial charge in [-0.1, -0.05) is 12.2 Å². The van der Waals surface area contributed by atoms with Crippen molar-refractivity contribution in [2.24, 2.45) is 5.92 Å². The SMILES string of the molecule is CN1C2C=CC(C2)C1c1cncc(Br)c1. The van der Waals surface area contributed by atoms with Gasteiger partial charge in [-0.3, -0.25) is 9.88 Å². The van der Waals surface area contributed by atoms with Gasteiger partial charge in [0.25, 0.3) is 0 Å². The van der Waals surface area contributed by atoms with Crippen molar-refractivity contribution in [3.05, 3.63) is 40.6 Å². The molecule has 1 aliphatic carbocycles. The van der Waals surface area contributed by atoms with Gasteiger partial charge in [-0.25, -0.2) is 0 Å². The lowest BCUT2D eigenvalue weighted by Crippen LogP contribution is -2.28. The molecule has 0 saturated carbocycles. The van der Waals surface area contributed by atoms with Crippen LogP contribution in [0.3, 0.4) is 0 Å². The van der Waals surface area contributed by atoms with Crippen LogP contribution in [0.4, 0.5) is 0 Å². The summed E-state index contributed by atoms with van der Waals surface area (Å²) in [4.78, 5) is 6.70. The Balaban J connectivity index is 1.98. The molecule has 0 amide bonds. The Kier molecular flexibility index (Phi) is 2.18. The Labute approximate surface area is 98.1 Å². The quantitative estimate of drug-likeness (QED) is 0.726. The average molecular weight is 265 g/mol. The molecule has 3 unspecified atom stereocenters. The monoisotopic (exact) mass is 264 g/mol. The largest absolute Gasteiger partial charge is 0.292 e. The summed E-state index contributed by atoms with van der Waals surface area (Å²) in [5, 5.41) is 0. The minimum absolute atomic E-state index is 0.519. The molecule has 0 spiro atoms. The highest BCUT2D eigenvalue weighted by Crippen LogP contribution is 2.45. The zero-order valence-electron chi connectivity index (χ0n) is 8.60. The van der Waals surface area contributed by atoms with Gasteiger partial charge in [-0.15, -0.1) is 0 Å². The summed E-state index contributed by atoms with van der Waals surface area (Å²) in [6, 6.07) is 3.34. The van der Waals surface area contributed by atoms with Crippen molar-refractivity contribution < 1.29 is 0 Å². The summed E-state index contributed by atoms with van der Waals surface area (Å²) >= 11 is 3.48. The molecule has 1 aromatic rings. The maximum absolute atomic E-state index is 4.25. The van der Waals surface area contributed by atoms with E-state index in [1.165, 1.54) is 12.0 Å². The van der Waals surface area contributed by atoms with E-state index in [-0.39, 0.29) is 0 Å². The number of fused-ring (bicyclic) bond motifs is 2. The molecule has 78 valence electrons. The molecule has 1 aromatic heterocycles. The minimum atomic E-state index is 0.519. The lowest BCUT2D eigenvalue weighted by atomic mass is 9.96. The topological polar surface area (TPSA) is 16.1 Å². The normalized spacial score (nSPS) is 33.9. The molecule has 2 aliphatic rings. The van der Waals surface area contributed by atoms with Crippen LogP contribution in [0.1, 0.15) is 18.0 Å². The molecular formula is C12H13BrN2. The number of nitrogens with zero attached hydrogens (tertiary/aromatic N) is 2. The molecule has 0 aromatic carbocycles. The highest BCUT2D eigenvalue weighted by atomic mass is 79.9. The van der Waals surface area contributed by atoms with Gasteiger partial charge in [0, 0.05) is 29.0 Å². The molecule has 0 N–H and O–H groups in total. The lowest BCUT2D eigenvalue weighted by molar-refractivity contribution is 0.250. The summed E-state index contributed by atoms with van der Waals surface area (Å²) in [7, 11) is 2.21. The molecular weight excluding hydrogens is 252 g/mol. The van der Waals surface area contributed by atoms with Crippen LogP contribution in [-0.2, 0) is 0 Å². The number of likely N-dealkylation sites (tertiary alicyclic amines) is 1. The van der Waals surface area contributed by atoms with Gasteiger partial charge < -0.3 is 0 Å². The van der Waals surface area contributed by atoms with Crippen LogP contribution in [0.2, 0.25) is 0 Å². The second-order valence-electron chi connectivity index (χ2n) is 4.40. The molecule has 2 heterocycles. The van der Waals surface area contributed by atoms with Crippen molar-refractivity contribution in [2.75, 3.05) is 7.05 Å². The Bertz CT molecular complexity index is 416. The maximum Gasteiger partial charge on any atom is 0.0429 e. The van der Waals surface area contributed by atoms with E-state index in [1.807, 2.05) is 12.4 Å². The maximum atomic E-state index is 4.25. The molecule has 1 saturated heterocycles. The van der Waals surface area contributed by atoms with Gasteiger partial charge in [-0.05, 0) is 46.9 Å². The van der Waals surface area contributed by atoms with Crippen molar-refractivity contribution >= 4 is 15.9 Å². The third-order valence-electron chi connectivity index (χ3n) is 3.53. The number of hydrogen-bond donors (Lipinski definition) is 0. The summed E-state index contributed by atoms with van der Waals surface area (Å²) < 4.78 is 1.07. The number of aromatic nitrogens is 1. The first-order valence-corrected chi connectivity index (χ1v) is 6.06. The average Bonchev–Trinajstić information content (AvgIpc) is 2.77. The van der Waals surface area contributed by atoms with Crippen LogP contribution in [-0.4, -0.2) is 23.0 Å². The highest BCUT2D eigenvalue weighted by molar-refractivity contribution is 9.10. The van der Waals surface area contributed by atoms with E-state index in [9.17, 15) is 0 Å². The summed E-state index contributed by atoms with van der Waals surface area (Å²) in [6.45, 7) is 0. The number of pyridine rings is 1. The van der Waals surface area contributed by atoms with E-state index in [0.717, 1.165) is 4.47 Å². The molecule has 0 radical (unpaired) electrons. The molecule has 3 rings (SSSR count). The number of halogens is 1. The fourth-order valence-corrected chi connectivity index (χ4v) is 3.21. The number of hydrogen-bond acceptors (Lipinski definition) is 2. The van der Waals surface area contributed by atoms with Crippen LogP contribution in [0, 0.1) is 5.92 Å². The van der Waals surface area contributed by atoms with E-state index in [1.54, 1.807) is 0 Å². The Morgan fingerprint density at radius 3 is 2.93 bits per heavy atom. The van der Waals surface area contributed by atoms with Crippen LogP contribution in [0.25, 0.3) is 0 Å². The van der Waals surface area contributed by atoms with Gasteiger partial charge in [-0.2, -0.15) is 0 Å². The van der Waals surface area contributed by atoms with E-state index in [2.05, 4.69) is 51.1 Å². The molecule has 2 bridgehead atoms. The van der Waals surface area contributed by atoms with E-state index in [0.29, 0.717) is 18.0 Å². The van der Waals surface area contributed by atoms with E-state index in [4.69, 9.17) is 0 Å². The Morgan fingerprint density at radius 2 is 2.27 bits per heavy atom. The number of rotatable bonds is 1. The van der Waals surface area contributed by atoms with Crippen molar-refractivity contribution in [1.82, 2.24) is 9.88 Å². The van der Waals surface area contributed by atoms with Crippen LogP contribution < -0.4 is 0 Å². The fourth-order valence-electron chi connectivity index (χ4n) is 2.82. The summed E-state index contributed by atoms with van der Waals surface area (Å²) in [6.07, 6.45) is 9.78. The molecule has 1 fully saturated rings. The Morgan fingerprint density at radius 1 is 1.40 bits per heavy atom. The predicted molar refractivity (Wildman–Crippen MR) is 63.5 cm³/mol. The van der Waals surface area contributed by atoms with Crippen LogP contribution >= 0.6 is 15.9 Å². The molecule has 3 heteroatoms. The third-order valence-corrected chi connectivity index (χ3v) is 3.96. The zero-order valence-corrected chi connectivity index (χ0v) is 10.2. The van der Waals surface area contributed by atoms with Crippen molar-refractivity contribution in [1.29, 1.82) is 0 Å². The van der Waals surface area contributed by atoms with Crippen LogP contribution in [0.5, 0.6) is 0 Å². The van der Waals surface area contributed by atoms with Gasteiger partial charge in [0.15, 0.2) is 0 Å². The van der Waals surface area contributed by atoms with Crippen molar-refractivity contribution in [2.45, 2.75) is 18.5 Å². The Hall–Kier alpha value is -0.670. The lowest BCUT2D eigenvalue weighted by Gasteiger charge is -2.28. The zero-order chi connectivity index (χ0) is 10.4. The first-order valence-electron chi connectivity index (χ1n) is 5.26. The van der Waals surface area contributed by atoms with Gasteiger partial charge in [0.05, 0.1) is 0 Å². The molecule has 2 nitrogen and oxygen atoms in total. The minimum Gasteiger partial charge on any atom is -0.292 e. The van der Waals surface area contributed by atoms with Crippen LogP contribution in [0.15, 0.2) is 35.1 Å². The second kappa shape index (κ2) is 3.42. The first kappa shape index (κ1) is 9.55.